The van der Waals surface area contributed by atoms with E-state index in [1.165, 1.54) is 64.2 Å². The van der Waals surface area contributed by atoms with E-state index in [2.05, 4.69) is 48.1 Å². The Hall–Kier alpha value is -0.300. The van der Waals surface area contributed by atoms with Gasteiger partial charge in [-0.25, -0.2) is 0 Å². The van der Waals surface area contributed by atoms with Gasteiger partial charge in [-0.05, 0) is 104 Å². The van der Waals surface area contributed by atoms with Crippen LogP contribution in [0, 0.1) is 52.3 Å². The highest BCUT2D eigenvalue weighted by molar-refractivity contribution is 5.07. The van der Waals surface area contributed by atoms with Crippen LogP contribution in [-0.4, -0.2) is 11.2 Å². The molecule has 3 aliphatic rings. The molecule has 9 atom stereocenters. The van der Waals surface area contributed by atoms with Gasteiger partial charge in [-0.1, -0.05) is 73.3 Å². The lowest BCUT2D eigenvalue weighted by Gasteiger charge is -2.56. The summed E-state index contributed by atoms with van der Waals surface area (Å²) >= 11 is 0. The van der Waals surface area contributed by atoms with Crippen molar-refractivity contribution in [3.05, 3.63) is 12.7 Å². The highest BCUT2D eigenvalue weighted by Gasteiger charge is 2.57. The molecule has 3 rings (SSSR count). The molecule has 0 bridgehead atoms. The fourth-order valence-corrected chi connectivity index (χ4v) is 9.09. The van der Waals surface area contributed by atoms with Crippen molar-refractivity contribution in [1.29, 1.82) is 0 Å². The SMILES string of the molecule is C=CC[C@@H]1C[C@@](C)([C@H]2CC[C@]3(C)[C@@H]([C@H](C)CCCC(C)C)CC[C@H]3[C@@H]2CC)CC[C@@H]1O. The van der Waals surface area contributed by atoms with E-state index in [0.29, 0.717) is 16.7 Å². The Morgan fingerprint density at radius 2 is 1.74 bits per heavy atom. The largest absolute Gasteiger partial charge is 0.393 e. The van der Waals surface area contributed by atoms with Crippen molar-refractivity contribution in [1.82, 2.24) is 0 Å². The van der Waals surface area contributed by atoms with Gasteiger partial charge in [0.05, 0.1) is 6.10 Å². The van der Waals surface area contributed by atoms with Gasteiger partial charge >= 0.3 is 0 Å². The molecule has 31 heavy (non-hydrogen) atoms. The van der Waals surface area contributed by atoms with Crippen LogP contribution < -0.4 is 0 Å². The molecule has 1 nitrogen and oxygen atoms in total. The number of hydrogen-bond acceptors (Lipinski definition) is 1. The highest BCUT2D eigenvalue weighted by atomic mass is 16.3. The van der Waals surface area contributed by atoms with Crippen LogP contribution in [0.25, 0.3) is 0 Å². The summed E-state index contributed by atoms with van der Waals surface area (Å²) in [5, 5.41) is 10.6. The first-order chi connectivity index (χ1) is 14.7. The first-order valence-corrected chi connectivity index (χ1v) is 13.9. The van der Waals surface area contributed by atoms with Crippen molar-refractivity contribution in [2.24, 2.45) is 52.3 Å². The molecule has 0 unspecified atom stereocenters. The predicted molar refractivity (Wildman–Crippen MR) is 135 cm³/mol. The standard InChI is InChI=1S/C30H54O/c1-8-11-23-20-29(6,18-17-28(23)31)26-16-19-30(7)25(14-15-27(30)24(26)9-2)22(5)13-10-12-21(3)4/h8,21-28,31H,1,9-20H2,2-7H3/t22-,23-,24-,25-,26+,27+,28+,29+,30-/m1/s1. The van der Waals surface area contributed by atoms with Gasteiger partial charge in [0, 0.05) is 0 Å². The third kappa shape index (κ3) is 5.12. The average molecular weight is 431 g/mol. The first-order valence-electron chi connectivity index (χ1n) is 13.9. The number of fused-ring (bicyclic) bond motifs is 1. The number of aliphatic hydroxyl groups excluding tert-OH is 1. The van der Waals surface area contributed by atoms with E-state index < -0.39 is 0 Å². The lowest BCUT2D eigenvalue weighted by molar-refractivity contribution is -0.0858. The molecule has 0 aromatic heterocycles. The Morgan fingerprint density at radius 3 is 2.39 bits per heavy atom. The molecule has 0 saturated heterocycles. The Kier molecular flexibility index (Phi) is 8.43. The zero-order valence-electron chi connectivity index (χ0n) is 21.8. The molecule has 3 saturated carbocycles. The van der Waals surface area contributed by atoms with Gasteiger partial charge < -0.3 is 5.11 Å². The minimum atomic E-state index is -0.109. The number of hydrogen-bond donors (Lipinski definition) is 1. The van der Waals surface area contributed by atoms with Crippen molar-refractivity contribution >= 4 is 0 Å². The summed E-state index contributed by atoms with van der Waals surface area (Å²) in [6, 6.07) is 0. The second-order valence-electron chi connectivity index (χ2n) is 13.1. The summed E-state index contributed by atoms with van der Waals surface area (Å²) in [5.41, 5.74) is 0.982. The van der Waals surface area contributed by atoms with E-state index in [0.717, 1.165) is 48.3 Å². The van der Waals surface area contributed by atoms with E-state index in [4.69, 9.17) is 0 Å². The molecule has 0 aromatic rings. The fraction of sp³-hybridized carbons (Fsp3) is 0.933. The minimum absolute atomic E-state index is 0.109. The van der Waals surface area contributed by atoms with Crippen LogP contribution in [-0.2, 0) is 0 Å². The zero-order chi connectivity index (χ0) is 22.8. The molecule has 0 amide bonds. The maximum atomic E-state index is 10.6. The normalized spacial score (nSPS) is 44.3. The zero-order valence-corrected chi connectivity index (χ0v) is 21.8. The summed E-state index contributed by atoms with van der Waals surface area (Å²) in [5.74, 6) is 5.77. The van der Waals surface area contributed by atoms with Crippen molar-refractivity contribution in [3.8, 4) is 0 Å². The molecule has 1 heteroatoms. The van der Waals surface area contributed by atoms with Crippen molar-refractivity contribution in [2.75, 3.05) is 0 Å². The lowest BCUT2D eigenvalue weighted by atomic mass is 9.49. The molecular weight excluding hydrogens is 376 g/mol. The smallest absolute Gasteiger partial charge is 0.0571 e. The maximum absolute atomic E-state index is 10.6. The quantitative estimate of drug-likeness (QED) is 0.363. The second kappa shape index (κ2) is 10.3. The topological polar surface area (TPSA) is 20.2 Å². The van der Waals surface area contributed by atoms with Gasteiger partial charge in [0.25, 0.3) is 0 Å². The van der Waals surface area contributed by atoms with E-state index in [9.17, 15) is 5.11 Å². The Labute approximate surface area is 194 Å². The number of rotatable bonds is 9. The van der Waals surface area contributed by atoms with Crippen molar-refractivity contribution in [3.63, 3.8) is 0 Å². The minimum Gasteiger partial charge on any atom is -0.393 e. The lowest BCUT2D eigenvalue weighted by Crippen LogP contribution is -2.49. The maximum Gasteiger partial charge on any atom is 0.0571 e. The van der Waals surface area contributed by atoms with Crippen LogP contribution in [0.1, 0.15) is 119 Å². The second-order valence-corrected chi connectivity index (χ2v) is 13.1. The molecule has 0 heterocycles. The molecule has 1 N–H and O–H groups in total. The summed E-state index contributed by atoms with van der Waals surface area (Å²) in [7, 11) is 0. The molecule has 0 radical (unpaired) electrons. The van der Waals surface area contributed by atoms with Gasteiger partial charge in [-0.3, -0.25) is 0 Å². The Bertz CT molecular complexity index is 581. The molecule has 0 aliphatic heterocycles. The van der Waals surface area contributed by atoms with E-state index in [1.54, 1.807) is 0 Å². The molecule has 0 spiro atoms. The van der Waals surface area contributed by atoms with Gasteiger partial charge in [-0.2, -0.15) is 0 Å². The van der Waals surface area contributed by atoms with Crippen LogP contribution in [0.4, 0.5) is 0 Å². The third-order valence-electron chi connectivity index (χ3n) is 10.8. The molecule has 0 aromatic carbocycles. The molecule has 180 valence electrons. The average Bonchev–Trinajstić information content (AvgIpc) is 3.07. The van der Waals surface area contributed by atoms with Crippen LogP contribution >= 0.6 is 0 Å². The van der Waals surface area contributed by atoms with Crippen LogP contribution in [0.3, 0.4) is 0 Å². The van der Waals surface area contributed by atoms with Gasteiger partial charge in [0.15, 0.2) is 0 Å². The molecule has 3 aliphatic carbocycles. The van der Waals surface area contributed by atoms with Crippen LogP contribution in [0.2, 0.25) is 0 Å². The Morgan fingerprint density at radius 1 is 1.00 bits per heavy atom. The van der Waals surface area contributed by atoms with Crippen molar-refractivity contribution in [2.45, 2.75) is 125 Å². The van der Waals surface area contributed by atoms with Gasteiger partial charge in [-0.15, -0.1) is 6.58 Å². The van der Waals surface area contributed by atoms with E-state index in [-0.39, 0.29) is 6.10 Å². The summed E-state index contributed by atoms with van der Waals surface area (Å²) in [6.07, 6.45) is 17.8. The monoisotopic (exact) mass is 430 g/mol. The fourth-order valence-electron chi connectivity index (χ4n) is 9.09. The van der Waals surface area contributed by atoms with Crippen LogP contribution in [0.5, 0.6) is 0 Å². The van der Waals surface area contributed by atoms with Crippen LogP contribution in [0.15, 0.2) is 12.7 Å². The summed E-state index contributed by atoms with van der Waals surface area (Å²) < 4.78 is 0. The number of aliphatic hydroxyl groups is 1. The van der Waals surface area contributed by atoms with Gasteiger partial charge in [0.1, 0.15) is 0 Å². The molecule has 3 fully saturated rings. The van der Waals surface area contributed by atoms with Gasteiger partial charge in [0.2, 0.25) is 0 Å². The number of allylic oxidation sites excluding steroid dienone is 1. The third-order valence-corrected chi connectivity index (χ3v) is 10.8. The summed E-state index contributed by atoms with van der Waals surface area (Å²) in [4.78, 5) is 0. The highest BCUT2D eigenvalue weighted by Crippen LogP contribution is 2.65. The molecular formula is C30H54O. The van der Waals surface area contributed by atoms with E-state index in [1.807, 2.05) is 6.08 Å². The summed E-state index contributed by atoms with van der Waals surface area (Å²) in [6.45, 7) is 19.1. The first kappa shape index (κ1) is 25.3. The van der Waals surface area contributed by atoms with E-state index >= 15 is 0 Å². The predicted octanol–water partition coefficient (Wildman–Crippen LogP) is 8.66. The Balaban J connectivity index is 1.72. The van der Waals surface area contributed by atoms with Crippen molar-refractivity contribution < 1.29 is 5.11 Å².